The molecule has 22 heavy (non-hydrogen) atoms. The maximum atomic E-state index is 12.8. The van der Waals surface area contributed by atoms with E-state index in [0.717, 1.165) is 19.3 Å². The molecule has 4 nitrogen and oxygen atoms in total. The van der Waals surface area contributed by atoms with E-state index in [9.17, 15) is 14.0 Å². The highest BCUT2D eigenvalue weighted by molar-refractivity contribution is 6.10. The van der Waals surface area contributed by atoms with Crippen LogP contribution in [0.4, 0.5) is 4.39 Å². The van der Waals surface area contributed by atoms with Gasteiger partial charge in [0, 0.05) is 13.1 Å². The summed E-state index contributed by atoms with van der Waals surface area (Å²) >= 11 is 0. The van der Waals surface area contributed by atoms with Crippen molar-refractivity contribution in [2.24, 2.45) is 5.92 Å². The van der Waals surface area contributed by atoms with Gasteiger partial charge in [0.15, 0.2) is 11.7 Å². The van der Waals surface area contributed by atoms with Crippen molar-refractivity contribution in [1.82, 2.24) is 4.90 Å². The molecule has 114 valence electrons. The summed E-state index contributed by atoms with van der Waals surface area (Å²) in [6.07, 6.45) is 5.57. The number of piperidine rings is 1. The minimum Gasteiger partial charge on any atom is -0.341 e. The van der Waals surface area contributed by atoms with Crippen molar-refractivity contribution in [2.45, 2.75) is 19.3 Å². The van der Waals surface area contributed by atoms with E-state index in [1.54, 1.807) is 11.0 Å². The van der Waals surface area contributed by atoms with Gasteiger partial charge in [-0.05, 0) is 43.0 Å². The van der Waals surface area contributed by atoms with Gasteiger partial charge in [0.25, 0.3) is 0 Å². The van der Waals surface area contributed by atoms with Gasteiger partial charge in [0.05, 0.1) is 6.07 Å². The second-order valence-electron chi connectivity index (χ2n) is 5.24. The van der Waals surface area contributed by atoms with Gasteiger partial charge in [-0.1, -0.05) is 18.2 Å². The Hall–Kier alpha value is -2.48. The van der Waals surface area contributed by atoms with Crippen molar-refractivity contribution in [1.29, 1.82) is 5.26 Å². The van der Waals surface area contributed by atoms with E-state index in [1.165, 1.54) is 36.4 Å². The molecular weight excluding hydrogens is 283 g/mol. The Morgan fingerprint density at radius 3 is 2.41 bits per heavy atom. The molecular formula is C17H17FN2O2. The molecule has 1 amide bonds. The second kappa shape index (κ2) is 7.51. The molecule has 1 unspecified atom stereocenters. The lowest BCUT2D eigenvalue weighted by Crippen LogP contribution is -2.41. The van der Waals surface area contributed by atoms with Crippen molar-refractivity contribution < 1.29 is 14.0 Å². The number of hydrogen-bond donors (Lipinski definition) is 0. The number of carbonyl (C=O) groups excluding carboxylic acids is 2. The molecule has 2 rings (SSSR count). The Balaban J connectivity index is 2.03. The summed E-state index contributed by atoms with van der Waals surface area (Å²) in [6, 6.07) is 7.40. The molecule has 0 spiro atoms. The lowest BCUT2D eigenvalue weighted by molar-refractivity contribution is -0.138. The molecule has 0 aromatic heterocycles. The third-order valence-electron chi connectivity index (χ3n) is 3.64. The summed E-state index contributed by atoms with van der Waals surface area (Å²) in [6.45, 7) is 1.21. The van der Waals surface area contributed by atoms with Gasteiger partial charge < -0.3 is 4.90 Å². The standard InChI is InChI=1S/C17H17FN2O2/c18-14-7-4-13(5-8-14)6-9-16(21)15(12-19)17(22)20-10-2-1-3-11-20/h4-9,15H,1-3,10-11H2. The van der Waals surface area contributed by atoms with Crippen molar-refractivity contribution in [2.75, 3.05) is 13.1 Å². The number of halogens is 1. The number of nitrogens with zero attached hydrogens (tertiary/aromatic N) is 2. The first kappa shape index (κ1) is 15.9. The highest BCUT2D eigenvalue weighted by atomic mass is 19.1. The number of nitriles is 1. The van der Waals surface area contributed by atoms with Crippen LogP contribution in [0.1, 0.15) is 24.8 Å². The number of amides is 1. The third-order valence-corrected chi connectivity index (χ3v) is 3.64. The summed E-state index contributed by atoms with van der Waals surface area (Å²) in [4.78, 5) is 25.9. The lowest BCUT2D eigenvalue weighted by Gasteiger charge is -2.27. The maximum Gasteiger partial charge on any atom is 0.247 e. The van der Waals surface area contributed by atoms with Crippen LogP contribution in [0, 0.1) is 23.1 Å². The molecule has 0 N–H and O–H groups in total. The molecule has 0 bridgehead atoms. The molecule has 0 aliphatic carbocycles. The SMILES string of the molecule is N#CC(C(=O)C=Cc1ccc(F)cc1)C(=O)N1CCCCC1. The first-order valence-corrected chi connectivity index (χ1v) is 7.27. The molecule has 1 aromatic carbocycles. The molecule has 0 saturated carbocycles. The Bertz CT molecular complexity index is 611. The van der Waals surface area contributed by atoms with Crippen LogP contribution >= 0.6 is 0 Å². The van der Waals surface area contributed by atoms with Gasteiger partial charge in [-0.15, -0.1) is 0 Å². The van der Waals surface area contributed by atoms with E-state index in [-0.39, 0.29) is 5.82 Å². The molecule has 1 saturated heterocycles. The average Bonchev–Trinajstić information content (AvgIpc) is 2.55. The van der Waals surface area contributed by atoms with Crippen LogP contribution in [0.15, 0.2) is 30.3 Å². The molecule has 5 heteroatoms. The Labute approximate surface area is 128 Å². The quantitative estimate of drug-likeness (QED) is 0.634. The fourth-order valence-electron chi connectivity index (χ4n) is 2.39. The van der Waals surface area contributed by atoms with Crippen molar-refractivity contribution >= 4 is 17.8 Å². The first-order chi connectivity index (χ1) is 10.6. The van der Waals surface area contributed by atoms with Crippen molar-refractivity contribution in [3.8, 4) is 6.07 Å². The summed E-state index contributed by atoms with van der Waals surface area (Å²) in [5.41, 5.74) is 0.636. The average molecular weight is 300 g/mol. The Kier molecular flexibility index (Phi) is 5.42. The summed E-state index contributed by atoms with van der Waals surface area (Å²) in [5, 5.41) is 9.13. The summed E-state index contributed by atoms with van der Waals surface area (Å²) < 4.78 is 12.8. The molecule has 0 radical (unpaired) electrons. The van der Waals surface area contributed by atoms with E-state index in [1.807, 2.05) is 0 Å². The smallest absolute Gasteiger partial charge is 0.247 e. The predicted octanol–water partition coefficient (Wildman–Crippen LogP) is 2.56. The number of allylic oxidation sites excluding steroid dienone is 1. The molecule has 1 aromatic rings. The van der Waals surface area contributed by atoms with E-state index < -0.39 is 17.6 Å². The van der Waals surface area contributed by atoms with Crippen LogP contribution in [0.2, 0.25) is 0 Å². The zero-order valence-electron chi connectivity index (χ0n) is 12.2. The van der Waals surface area contributed by atoms with Crippen molar-refractivity contribution in [3.63, 3.8) is 0 Å². The van der Waals surface area contributed by atoms with Crippen LogP contribution in [0.3, 0.4) is 0 Å². The lowest BCUT2D eigenvalue weighted by atomic mass is 10.0. The van der Waals surface area contributed by atoms with Crippen LogP contribution in [0.25, 0.3) is 6.08 Å². The maximum absolute atomic E-state index is 12.8. The molecule has 1 heterocycles. The van der Waals surface area contributed by atoms with Gasteiger partial charge in [-0.25, -0.2) is 4.39 Å². The topological polar surface area (TPSA) is 61.2 Å². The monoisotopic (exact) mass is 300 g/mol. The van der Waals surface area contributed by atoms with Crippen molar-refractivity contribution in [3.05, 3.63) is 41.7 Å². The number of carbonyl (C=O) groups is 2. The molecule has 1 fully saturated rings. The summed E-state index contributed by atoms with van der Waals surface area (Å²) in [7, 11) is 0. The Morgan fingerprint density at radius 1 is 1.18 bits per heavy atom. The molecule has 1 aliphatic rings. The van der Waals surface area contributed by atoms with E-state index in [4.69, 9.17) is 5.26 Å². The third kappa shape index (κ3) is 4.01. The predicted molar refractivity (Wildman–Crippen MR) is 80.0 cm³/mol. The minimum atomic E-state index is -1.30. The molecule has 1 aliphatic heterocycles. The van der Waals surface area contributed by atoms with Crippen LogP contribution in [-0.2, 0) is 9.59 Å². The van der Waals surface area contributed by atoms with Gasteiger partial charge in [-0.3, -0.25) is 9.59 Å². The Morgan fingerprint density at radius 2 is 1.82 bits per heavy atom. The van der Waals surface area contributed by atoms with Crippen LogP contribution in [0.5, 0.6) is 0 Å². The highest BCUT2D eigenvalue weighted by Gasteiger charge is 2.29. The van der Waals surface area contributed by atoms with Crippen LogP contribution < -0.4 is 0 Å². The largest absolute Gasteiger partial charge is 0.341 e. The molecule has 1 atom stereocenters. The normalized spacial score (nSPS) is 16.3. The highest BCUT2D eigenvalue weighted by Crippen LogP contribution is 2.14. The number of rotatable bonds is 4. The van der Waals surface area contributed by atoms with E-state index >= 15 is 0 Å². The van der Waals surface area contributed by atoms with Gasteiger partial charge >= 0.3 is 0 Å². The zero-order chi connectivity index (χ0) is 15.9. The summed E-state index contributed by atoms with van der Waals surface area (Å²) in [5.74, 6) is -2.62. The number of ketones is 1. The van der Waals surface area contributed by atoms with Crippen LogP contribution in [-0.4, -0.2) is 29.7 Å². The van der Waals surface area contributed by atoms with Gasteiger partial charge in [0.2, 0.25) is 5.91 Å². The minimum absolute atomic E-state index is 0.362. The van der Waals surface area contributed by atoms with Gasteiger partial charge in [-0.2, -0.15) is 5.26 Å². The van der Waals surface area contributed by atoms with E-state index in [0.29, 0.717) is 18.7 Å². The fraction of sp³-hybridized carbons (Fsp3) is 0.353. The fourth-order valence-corrected chi connectivity index (χ4v) is 2.39. The number of benzene rings is 1. The second-order valence-corrected chi connectivity index (χ2v) is 5.24. The van der Waals surface area contributed by atoms with Gasteiger partial charge in [0.1, 0.15) is 5.82 Å². The first-order valence-electron chi connectivity index (χ1n) is 7.27. The zero-order valence-corrected chi connectivity index (χ0v) is 12.2. The van der Waals surface area contributed by atoms with E-state index in [2.05, 4.69) is 0 Å². The number of hydrogen-bond acceptors (Lipinski definition) is 3. The number of likely N-dealkylation sites (tertiary alicyclic amines) is 1.